The van der Waals surface area contributed by atoms with Crippen molar-refractivity contribution in [3.63, 3.8) is 0 Å². The minimum absolute atomic E-state index is 0.112. The van der Waals surface area contributed by atoms with Gasteiger partial charge in [0.1, 0.15) is 6.10 Å². The van der Waals surface area contributed by atoms with E-state index in [1.54, 1.807) is 0 Å². The predicted octanol–water partition coefficient (Wildman–Crippen LogP) is 4.70. The Bertz CT molecular complexity index is 868. The number of ether oxygens (including phenoxy) is 1. The Morgan fingerprint density at radius 3 is 2.52 bits per heavy atom. The van der Waals surface area contributed by atoms with Crippen LogP contribution < -0.4 is 5.56 Å². The van der Waals surface area contributed by atoms with Crippen molar-refractivity contribution < 1.29 is 4.74 Å². The molecule has 4 rings (SSSR count). The van der Waals surface area contributed by atoms with E-state index < -0.39 is 0 Å². The van der Waals surface area contributed by atoms with Crippen molar-refractivity contribution in [1.29, 1.82) is 0 Å². The second-order valence-electron chi connectivity index (χ2n) is 7.01. The van der Waals surface area contributed by atoms with E-state index in [1.165, 1.54) is 32.1 Å². The molecular weight excluding hydrogens is 356 g/mol. The standard InChI is InChI=1S/C19H21ClN2O2S/c20-13-8-6-12(7-9-13)17-16-14(21-19(25)22-18(16)23)10-15(24-17)11-4-2-1-3-5-11/h6-9,11,15,17H,1-5,10H2,(H2,21,22,23,25). The van der Waals surface area contributed by atoms with Gasteiger partial charge in [0, 0.05) is 17.1 Å². The van der Waals surface area contributed by atoms with Crippen molar-refractivity contribution in [2.75, 3.05) is 0 Å². The number of halogens is 1. The molecule has 1 aromatic carbocycles. The number of fused-ring (bicyclic) bond motifs is 1. The third-order valence-corrected chi connectivity index (χ3v) is 5.84. The number of aromatic amines is 2. The van der Waals surface area contributed by atoms with Gasteiger partial charge in [-0.2, -0.15) is 0 Å². The summed E-state index contributed by atoms with van der Waals surface area (Å²) in [6, 6.07) is 7.54. The van der Waals surface area contributed by atoms with Crippen LogP contribution in [0.5, 0.6) is 0 Å². The zero-order valence-electron chi connectivity index (χ0n) is 13.9. The van der Waals surface area contributed by atoms with Crippen molar-refractivity contribution in [3.05, 3.63) is 61.2 Å². The van der Waals surface area contributed by atoms with Crippen molar-refractivity contribution in [2.45, 2.75) is 50.7 Å². The van der Waals surface area contributed by atoms with Gasteiger partial charge >= 0.3 is 0 Å². The van der Waals surface area contributed by atoms with E-state index >= 15 is 0 Å². The van der Waals surface area contributed by atoms with Crippen molar-refractivity contribution in [2.24, 2.45) is 5.92 Å². The summed E-state index contributed by atoms with van der Waals surface area (Å²) in [4.78, 5) is 18.5. The Morgan fingerprint density at radius 1 is 1.08 bits per heavy atom. The van der Waals surface area contributed by atoms with Gasteiger partial charge in [-0.15, -0.1) is 0 Å². The van der Waals surface area contributed by atoms with Crippen LogP contribution in [0.4, 0.5) is 0 Å². The fraction of sp³-hybridized carbons (Fsp3) is 0.474. The highest BCUT2D eigenvalue weighted by atomic mass is 35.5. The summed E-state index contributed by atoms with van der Waals surface area (Å²) in [5.74, 6) is 0.540. The van der Waals surface area contributed by atoms with Gasteiger partial charge in [0.2, 0.25) is 0 Å². The van der Waals surface area contributed by atoms with Crippen LogP contribution in [0, 0.1) is 10.7 Å². The summed E-state index contributed by atoms with van der Waals surface area (Å²) in [5.41, 5.74) is 2.33. The van der Waals surface area contributed by atoms with Crippen molar-refractivity contribution >= 4 is 23.8 Å². The van der Waals surface area contributed by atoms with E-state index in [0.717, 1.165) is 17.7 Å². The van der Waals surface area contributed by atoms with Crippen LogP contribution in [0.2, 0.25) is 5.02 Å². The quantitative estimate of drug-likeness (QED) is 0.747. The van der Waals surface area contributed by atoms with Crippen LogP contribution in [0.25, 0.3) is 0 Å². The summed E-state index contributed by atoms with van der Waals surface area (Å²) < 4.78 is 6.86. The molecule has 0 bridgehead atoms. The smallest absolute Gasteiger partial charge is 0.258 e. The zero-order valence-corrected chi connectivity index (χ0v) is 15.5. The molecule has 0 saturated heterocycles. The first kappa shape index (κ1) is 17.0. The van der Waals surface area contributed by atoms with Crippen LogP contribution in [0.3, 0.4) is 0 Å². The Labute approximate surface area is 156 Å². The zero-order chi connectivity index (χ0) is 17.4. The lowest BCUT2D eigenvalue weighted by Crippen LogP contribution is -2.38. The molecule has 2 atom stereocenters. The van der Waals surface area contributed by atoms with Gasteiger partial charge in [-0.25, -0.2) is 0 Å². The second-order valence-corrected chi connectivity index (χ2v) is 7.85. The predicted molar refractivity (Wildman–Crippen MR) is 101 cm³/mol. The summed E-state index contributed by atoms with van der Waals surface area (Å²) in [6.07, 6.45) is 6.65. The van der Waals surface area contributed by atoms with Crippen LogP contribution in [0.15, 0.2) is 29.1 Å². The molecule has 1 aliphatic heterocycles. The Hall–Kier alpha value is -1.43. The molecule has 1 aliphatic carbocycles. The highest BCUT2D eigenvalue weighted by Gasteiger charge is 2.36. The molecule has 2 aliphatic rings. The van der Waals surface area contributed by atoms with Crippen molar-refractivity contribution in [3.8, 4) is 0 Å². The van der Waals surface area contributed by atoms with Crippen molar-refractivity contribution in [1.82, 2.24) is 9.97 Å². The van der Waals surface area contributed by atoms with Gasteiger partial charge in [0.05, 0.1) is 11.7 Å². The molecule has 132 valence electrons. The summed E-state index contributed by atoms with van der Waals surface area (Å²) in [5, 5.41) is 0.671. The molecule has 2 N–H and O–H groups in total. The molecule has 1 saturated carbocycles. The number of rotatable bonds is 2. The molecule has 0 radical (unpaired) electrons. The molecule has 25 heavy (non-hydrogen) atoms. The van der Waals surface area contributed by atoms with Crippen LogP contribution in [0.1, 0.15) is 55.0 Å². The number of H-pyrrole nitrogens is 2. The molecule has 2 aromatic rings. The van der Waals surface area contributed by atoms with Gasteiger partial charge < -0.3 is 9.72 Å². The molecule has 6 heteroatoms. The van der Waals surface area contributed by atoms with Gasteiger partial charge in [-0.05, 0) is 48.7 Å². The average Bonchev–Trinajstić information content (AvgIpc) is 2.62. The Morgan fingerprint density at radius 2 is 1.80 bits per heavy atom. The number of aromatic nitrogens is 2. The van der Waals surface area contributed by atoms with E-state index in [1.807, 2.05) is 24.3 Å². The van der Waals surface area contributed by atoms with Gasteiger partial charge in [0.25, 0.3) is 5.56 Å². The molecule has 4 nitrogen and oxygen atoms in total. The van der Waals surface area contributed by atoms with Crippen LogP contribution in [-0.4, -0.2) is 16.1 Å². The lowest BCUT2D eigenvalue weighted by atomic mass is 9.81. The second kappa shape index (κ2) is 7.06. The number of nitrogens with one attached hydrogen (secondary N) is 2. The molecule has 2 unspecified atom stereocenters. The van der Waals surface area contributed by atoms with Gasteiger partial charge in [-0.3, -0.25) is 9.78 Å². The molecule has 1 aromatic heterocycles. The lowest BCUT2D eigenvalue weighted by molar-refractivity contribution is -0.0475. The highest BCUT2D eigenvalue weighted by Crippen LogP contribution is 2.38. The maximum Gasteiger partial charge on any atom is 0.258 e. The van der Waals surface area contributed by atoms with Crippen LogP contribution >= 0.6 is 23.8 Å². The summed E-state index contributed by atoms with van der Waals surface area (Å²) >= 11 is 11.2. The number of hydrogen-bond donors (Lipinski definition) is 2. The lowest BCUT2D eigenvalue weighted by Gasteiger charge is -2.37. The van der Waals surface area contributed by atoms with E-state index in [2.05, 4.69) is 9.97 Å². The third-order valence-electron chi connectivity index (χ3n) is 5.39. The first-order valence-corrected chi connectivity index (χ1v) is 9.67. The number of benzene rings is 1. The Kier molecular flexibility index (Phi) is 4.80. The highest BCUT2D eigenvalue weighted by molar-refractivity contribution is 7.71. The molecule has 2 heterocycles. The first-order valence-electron chi connectivity index (χ1n) is 8.88. The van der Waals surface area contributed by atoms with Gasteiger partial charge in [-0.1, -0.05) is 43.0 Å². The van der Waals surface area contributed by atoms with E-state index in [-0.39, 0.29) is 17.8 Å². The average molecular weight is 377 g/mol. The van der Waals surface area contributed by atoms with Gasteiger partial charge in [0.15, 0.2) is 4.77 Å². The molecule has 0 amide bonds. The minimum Gasteiger partial charge on any atom is -0.365 e. The topological polar surface area (TPSA) is 57.9 Å². The maximum atomic E-state index is 12.6. The fourth-order valence-corrected chi connectivity index (χ4v) is 4.48. The maximum absolute atomic E-state index is 12.6. The first-order chi connectivity index (χ1) is 12.1. The van der Waals surface area contributed by atoms with E-state index in [9.17, 15) is 4.79 Å². The largest absolute Gasteiger partial charge is 0.365 e. The fourth-order valence-electron chi connectivity index (χ4n) is 4.14. The minimum atomic E-state index is -0.386. The monoisotopic (exact) mass is 376 g/mol. The summed E-state index contributed by atoms with van der Waals surface area (Å²) in [6.45, 7) is 0. The normalized spacial score (nSPS) is 24.0. The summed E-state index contributed by atoms with van der Waals surface area (Å²) in [7, 11) is 0. The number of hydrogen-bond acceptors (Lipinski definition) is 3. The molecule has 1 fully saturated rings. The SMILES string of the molecule is O=c1[nH]c(=S)[nH]c2c1C(c1ccc(Cl)cc1)OC(C1CCCCC1)C2. The van der Waals surface area contributed by atoms with E-state index in [0.29, 0.717) is 21.3 Å². The Balaban J connectivity index is 1.77. The third kappa shape index (κ3) is 3.46. The molecular formula is C19H21ClN2O2S. The van der Waals surface area contributed by atoms with E-state index in [4.69, 9.17) is 28.6 Å². The molecule has 0 spiro atoms. The van der Waals surface area contributed by atoms with Crippen LogP contribution in [-0.2, 0) is 11.2 Å².